The molecule has 8 nitrogen and oxygen atoms in total. The summed E-state index contributed by atoms with van der Waals surface area (Å²) in [6.45, 7) is -0.218. The minimum absolute atomic E-state index is 0.167. The predicted molar refractivity (Wildman–Crippen MR) is 83.5 cm³/mol. The second kappa shape index (κ2) is 6.37. The Balaban J connectivity index is 1.89. The van der Waals surface area contributed by atoms with E-state index >= 15 is 0 Å². The van der Waals surface area contributed by atoms with Crippen LogP contribution in [0.2, 0.25) is 0 Å². The van der Waals surface area contributed by atoms with Gasteiger partial charge in [-0.2, -0.15) is 5.10 Å². The zero-order chi connectivity index (χ0) is 17.1. The van der Waals surface area contributed by atoms with Gasteiger partial charge in [0.2, 0.25) is 5.91 Å². The van der Waals surface area contributed by atoms with Crippen molar-refractivity contribution in [3.8, 4) is 0 Å². The standard InChI is InChI=1S/C16H13N3O5/c20-13(17-8-10-4-3-7-24-10)9-19-15(21)12-6-2-1-5-11(12)14(18-19)16(22)23/h1-7H,8-9H2,(H,17,20)(H,22,23). The summed E-state index contributed by atoms with van der Waals surface area (Å²) < 4.78 is 5.94. The van der Waals surface area contributed by atoms with Gasteiger partial charge in [0.1, 0.15) is 12.3 Å². The first kappa shape index (κ1) is 15.5. The van der Waals surface area contributed by atoms with Crippen molar-refractivity contribution in [3.63, 3.8) is 0 Å². The molecule has 2 heterocycles. The van der Waals surface area contributed by atoms with Crippen LogP contribution in [-0.2, 0) is 17.9 Å². The van der Waals surface area contributed by atoms with Crippen molar-refractivity contribution in [1.82, 2.24) is 15.1 Å². The number of benzene rings is 1. The van der Waals surface area contributed by atoms with E-state index in [4.69, 9.17) is 4.42 Å². The fourth-order valence-corrected chi connectivity index (χ4v) is 2.29. The molecule has 24 heavy (non-hydrogen) atoms. The third-order valence-electron chi connectivity index (χ3n) is 3.40. The predicted octanol–water partition coefficient (Wildman–Crippen LogP) is 1.00. The Morgan fingerprint density at radius 1 is 1.17 bits per heavy atom. The Bertz CT molecular complexity index is 960. The zero-order valence-electron chi connectivity index (χ0n) is 12.4. The molecule has 1 amide bonds. The van der Waals surface area contributed by atoms with E-state index in [1.54, 1.807) is 24.3 Å². The number of fused-ring (bicyclic) bond motifs is 1. The number of nitrogens with zero attached hydrogens (tertiary/aromatic N) is 2. The maximum absolute atomic E-state index is 12.4. The van der Waals surface area contributed by atoms with Crippen LogP contribution in [-0.4, -0.2) is 26.8 Å². The van der Waals surface area contributed by atoms with Crippen molar-refractivity contribution < 1.29 is 19.1 Å². The average molecular weight is 327 g/mol. The highest BCUT2D eigenvalue weighted by atomic mass is 16.4. The number of furan rings is 1. The van der Waals surface area contributed by atoms with Gasteiger partial charge in [-0.25, -0.2) is 9.48 Å². The van der Waals surface area contributed by atoms with E-state index in [1.807, 2.05) is 0 Å². The number of hydrogen-bond acceptors (Lipinski definition) is 5. The Morgan fingerprint density at radius 3 is 2.58 bits per heavy atom. The third-order valence-corrected chi connectivity index (χ3v) is 3.40. The minimum Gasteiger partial charge on any atom is -0.476 e. The molecule has 2 N–H and O–H groups in total. The molecule has 3 rings (SSSR count). The molecule has 0 unspecified atom stereocenters. The summed E-state index contributed by atoms with van der Waals surface area (Å²) in [5.74, 6) is -1.18. The number of carboxylic acids is 1. The van der Waals surface area contributed by atoms with Crippen molar-refractivity contribution in [2.75, 3.05) is 0 Å². The molecule has 0 aliphatic carbocycles. The normalized spacial score (nSPS) is 10.7. The summed E-state index contributed by atoms with van der Waals surface area (Å²) in [5, 5.41) is 16.1. The number of carbonyl (C=O) groups is 2. The molecule has 0 saturated heterocycles. The molecule has 0 radical (unpaired) electrons. The molecule has 122 valence electrons. The van der Waals surface area contributed by atoms with E-state index in [0.717, 1.165) is 4.68 Å². The fourth-order valence-electron chi connectivity index (χ4n) is 2.29. The Labute approximate surface area is 135 Å². The highest BCUT2D eigenvalue weighted by Gasteiger charge is 2.17. The Hall–Kier alpha value is -3.42. The molecule has 0 bridgehead atoms. The number of hydrogen-bond donors (Lipinski definition) is 2. The van der Waals surface area contributed by atoms with Crippen molar-refractivity contribution in [2.45, 2.75) is 13.1 Å². The second-order valence-electron chi connectivity index (χ2n) is 5.02. The lowest BCUT2D eigenvalue weighted by Gasteiger charge is -2.09. The first-order valence-electron chi connectivity index (χ1n) is 7.08. The summed E-state index contributed by atoms with van der Waals surface area (Å²) in [6, 6.07) is 9.64. The molecule has 1 aromatic carbocycles. The molecule has 0 saturated carbocycles. The lowest BCUT2D eigenvalue weighted by atomic mass is 10.1. The molecule has 0 fully saturated rings. The van der Waals surface area contributed by atoms with Crippen LogP contribution < -0.4 is 10.9 Å². The fraction of sp³-hybridized carbons (Fsp3) is 0.125. The van der Waals surface area contributed by atoms with Crippen LogP contribution >= 0.6 is 0 Å². The average Bonchev–Trinajstić information content (AvgIpc) is 3.09. The molecule has 2 aromatic heterocycles. The first-order chi connectivity index (χ1) is 11.6. The molecular weight excluding hydrogens is 314 g/mol. The van der Waals surface area contributed by atoms with E-state index in [1.165, 1.54) is 18.4 Å². The molecular formula is C16H13N3O5. The van der Waals surface area contributed by atoms with Gasteiger partial charge in [0, 0.05) is 5.39 Å². The number of nitrogens with one attached hydrogen (secondary N) is 1. The Morgan fingerprint density at radius 2 is 1.92 bits per heavy atom. The number of amides is 1. The largest absolute Gasteiger partial charge is 0.476 e. The maximum atomic E-state index is 12.4. The second-order valence-corrected chi connectivity index (χ2v) is 5.02. The highest BCUT2D eigenvalue weighted by molar-refractivity contribution is 6.01. The van der Waals surface area contributed by atoms with Gasteiger partial charge >= 0.3 is 5.97 Å². The van der Waals surface area contributed by atoms with E-state index < -0.39 is 17.4 Å². The first-order valence-corrected chi connectivity index (χ1v) is 7.08. The molecule has 8 heteroatoms. The number of aromatic nitrogens is 2. The minimum atomic E-state index is -1.27. The van der Waals surface area contributed by atoms with Gasteiger partial charge in [0.05, 0.1) is 18.2 Å². The number of carbonyl (C=O) groups excluding carboxylic acids is 1. The molecule has 0 aliphatic heterocycles. The van der Waals surface area contributed by atoms with Crippen LogP contribution in [0.15, 0.2) is 51.9 Å². The van der Waals surface area contributed by atoms with Gasteiger partial charge in [-0.05, 0) is 18.2 Å². The number of rotatable bonds is 5. The number of carboxylic acid groups (broad SMARTS) is 1. The van der Waals surface area contributed by atoms with Gasteiger partial charge < -0.3 is 14.8 Å². The van der Waals surface area contributed by atoms with Crippen LogP contribution in [0.25, 0.3) is 10.8 Å². The van der Waals surface area contributed by atoms with Gasteiger partial charge in [-0.3, -0.25) is 9.59 Å². The van der Waals surface area contributed by atoms with Gasteiger partial charge in [-0.15, -0.1) is 0 Å². The van der Waals surface area contributed by atoms with E-state index in [2.05, 4.69) is 10.4 Å². The van der Waals surface area contributed by atoms with Crippen molar-refractivity contribution in [3.05, 3.63) is 64.5 Å². The van der Waals surface area contributed by atoms with Crippen molar-refractivity contribution in [2.24, 2.45) is 0 Å². The van der Waals surface area contributed by atoms with Crippen molar-refractivity contribution >= 4 is 22.6 Å². The third kappa shape index (κ3) is 3.02. The highest BCUT2D eigenvalue weighted by Crippen LogP contribution is 2.13. The molecule has 0 spiro atoms. The van der Waals surface area contributed by atoms with Crippen LogP contribution in [0.5, 0.6) is 0 Å². The van der Waals surface area contributed by atoms with Crippen LogP contribution in [0, 0.1) is 0 Å². The topological polar surface area (TPSA) is 114 Å². The maximum Gasteiger partial charge on any atom is 0.357 e. The summed E-state index contributed by atoms with van der Waals surface area (Å²) >= 11 is 0. The monoisotopic (exact) mass is 327 g/mol. The van der Waals surface area contributed by atoms with Gasteiger partial charge in [0.15, 0.2) is 5.69 Å². The SMILES string of the molecule is O=C(Cn1nc(C(=O)O)c2ccccc2c1=O)NCc1ccco1. The number of aromatic carboxylic acids is 1. The summed E-state index contributed by atoms with van der Waals surface area (Å²) in [5.41, 5.74) is -0.798. The lowest BCUT2D eigenvalue weighted by molar-refractivity contribution is -0.122. The van der Waals surface area contributed by atoms with Crippen molar-refractivity contribution in [1.29, 1.82) is 0 Å². The summed E-state index contributed by atoms with van der Waals surface area (Å²) in [7, 11) is 0. The van der Waals surface area contributed by atoms with Gasteiger partial charge in [0.25, 0.3) is 5.56 Å². The van der Waals surface area contributed by atoms with Crippen LogP contribution in [0.4, 0.5) is 0 Å². The summed E-state index contributed by atoms with van der Waals surface area (Å²) in [6.07, 6.45) is 1.48. The van der Waals surface area contributed by atoms with E-state index in [9.17, 15) is 19.5 Å². The van der Waals surface area contributed by atoms with E-state index in [0.29, 0.717) is 5.76 Å². The zero-order valence-corrected chi connectivity index (χ0v) is 12.4. The van der Waals surface area contributed by atoms with Gasteiger partial charge in [-0.1, -0.05) is 18.2 Å². The quantitative estimate of drug-likeness (QED) is 0.722. The van der Waals surface area contributed by atoms with Crippen LogP contribution in [0.3, 0.4) is 0 Å². The molecule has 0 aliphatic rings. The molecule has 3 aromatic rings. The summed E-state index contributed by atoms with van der Waals surface area (Å²) in [4.78, 5) is 35.7. The van der Waals surface area contributed by atoms with Crippen LogP contribution in [0.1, 0.15) is 16.2 Å². The smallest absolute Gasteiger partial charge is 0.357 e. The van der Waals surface area contributed by atoms with E-state index in [-0.39, 0.29) is 29.6 Å². The molecule has 0 atom stereocenters. The Kier molecular flexibility index (Phi) is 4.11. The lowest BCUT2D eigenvalue weighted by Crippen LogP contribution is -2.34.